The molecule has 0 fully saturated rings. The van der Waals surface area contributed by atoms with Crippen LogP contribution in [0.25, 0.3) is 0 Å². The van der Waals surface area contributed by atoms with E-state index in [2.05, 4.69) is 28.7 Å². The van der Waals surface area contributed by atoms with Gasteiger partial charge in [0.15, 0.2) is 0 Å². The minimum absolute atomic E-state index is 0.640. The third-order valence-electron chi connectivity index (χ3n) is 2.62. The number of nitrogens with zero attached hydrogens (tertiary/aromatic N) is 2. The first kappa shape index (κ1) is 11.6. The van der Waals surface area contributed by atoms with Crippen molar-refractivity contribution in [1.29, 1.82) is 5.26 Å². The van der Waals surface area contributed by atoms with Gasteiger partial charge in [-0.15, -0.1) is 0 Å². The summed E-state index contributed by atoms with van der Waals surface area (Å²) >= 11 is 1.33. The number of hydrogen-bond donors (Lipinski definition) is 1. The molecular formula is C13H13N3S. The number of benzene rings is 1. The van der Waals surface area contributed by atoms with Crippen molar-refractivity contribution in [2.75, 3.05) is 5.32 Å². The van der Waals surface area contributed by atoms with Crippen molar-refractivity contribution in [3.63, 3.8) is 0 Å². The molecule has 0 spiro atoms. The molecule has 0 unspecified atom stereocenters. The average Bonchev–Trinajstić information content (AvgIpc) is 2.70. The lowest BCUT2D eigenvalue weighted by atomic mass is 10.1. The molecule has 0 amide bonds. The van der Waals surface area contributed by atoms with Crippen LogP contribution in [0.2, 0.25) is 0 Å². The Hall–Kier alpha value is -1.86. The van der Waals surface area contributed by atoms with Crippen molar-refractivity contribution in [1.82, 2.24) is 4.37 Å². The van der Waals surface area contributed by atoms with Gasteiger partial charge in [0.25, 0.3) is 0 Å². The van der Waals surface area contributed by atoms with Crippen molar-refractivity contribution in [3.05, 3.63) is 41.1 Å². The largest absolute Gasteiger partial charge is 0.345 e. The second kappa shape index (κ2) is 4.98. The van der Waals surface area contributed by atoms with E-state index in [1.165, 1.54) is 17.1 Å². The highest BCUT2D eigenvalue weighted by atomic mass is 32.1. The number of aromatic nitrogens is 1. The summed E-state index contributed by atoms with van der Waals surface area (Å²) < 4.78 is 4.20. The zero-order valence-electron chi connectivity index (χ0n) is 9.82. The Kier molecular flexibility index (Phi) is 3.40. The summed E-state index contributed by atoms with van der Waals surface area (Å²) in [5.74, 6) is 0. The van der Waals surface area contributed by atoms with Crippen LogP contribution in [0.1, 0.15) is 23.7 Å². The van der Waals surface area contributed by atoms with Crippen molar-refractivity contribution < 1.29 is 0 Å². The number of hydrogen-bond acceptors (Lipinski definition) is 4. The molecule has 2 aromatic rings. The molecule has 0 saturated carbocycles. The Bertz CT molecular complexity index is 566. The van der Waals surface area contributed by atoms with Crippen molar-refractivity contribution in [2.45, 2.75) is 20.3 Å². The molecule has 3 nitrogen and oxygen atoms in total. The monoisotopic (exact) mass is 243 g/mol. The highest BCUT2D eigenvalue weighted by Crippen LogP contribution is 2.28. The fraction of sp³-hybridized carbons (Fsp3) is 0.231. The fourth-order valence-electron chi connectivity index (χ4n) is 1.66. The molecule has 1 aromatic carbocycles. The van der Waals surface area contributed by atoms with Gasteiger partial charge in [0.2, 0.25) is 0 Å². The van der Waals surface area contributed by atoms with E-state index in [1.54, 1.807) is 0 Å². The van der Waals surface area contributed by atoms with Crippen LogP contribution < -0.4 is 5.32 Å². The Morgan fingerprint density at radius 2 is 2.18 bits per heavy atom. The van der Waals surface area contributed by atoms with Crippen molar-refractivity contribution in [2.24, 2.45) is 0 Å². The summed E-state index contributed by atoms with van der Waals surface area (Å²) in [7, 11) is 0. The first-order valence-electron chi connectivity index (χ1n) is 5.47. The van der Waals surface area contributed by atoms with E-state index in [0.717, 1.165) is 22.8 Å². The second-order valence-corrected chi connectivity index (χ2v) is 4.49. The molecule has 1 heterocycles. The molecule has 0 aliphatic rings. The van der Waals surface area contributed by atoms with Gasteiger partial charge in [0.1, 0.15) is 16.6 Å². The summed E-state index contributed by atoms with van der Waals surface area (Å²) in [6, 6.07) is 10.3. The normalized spacial score (nSPS) is 9.94. The summed E-state index contributed by atoms with van der Waals surface area (Å²) in [5.41, 5.74) is 3.72. The van der Waals surface area contributed by atoms with Crippen LogP contribution in [0.5, 0.6) is 0 Å². The van der Waals surface area contributed by atoms with Crippen molar-refractivity contribution >= 4 is 22.2 Å². The fourth-order valence-corrected chi connectivity index (χ4v) is 2.42. The third kappa shape index (κ3) is 2.29. The highest BCUT2D eigenvalue weighted by molar-refractivity contribution is 7.10. The zero-order valence-corrected chi connectivity index (χ0v) is 10.6. The highest BCUT2D eigenvalue weighted by Gasteiger charge is 2.11. The zero-order chi connectivity index (χ0) is 12.3. The van der Waals surface area contributed by atoms with Gasteiger partial charge >= 0.3 is 0 Å². The van der Waals surface area contributed by atoms with Gasteiger partial charge in [-0.25, -0.2) is 0 Å². The Morgan fingerprint density at radius 3 is 2.88 bits per heavy atom. The van der Waals surface area contributed by atoms with Crippen LogP contribution >= 0.6 is 11.5 Å². The van der Waals surface area contributed by atoms with E-state index in [1.807, 2.05) is 25.1 Å². The second-order valence-electron chi connectivity index (χ2n) is 3.72. The van der Waals surface area contributed by atoms with E-state index in [4.69, 9.17) is 5.26 Å². The van der Waals surface area contributed by atoms with E-state index in [0.29, 0.717) is 5.56 Å². The van der Waals surface area contributed by atoms with Crippen LogP contribution in [-0.2, 0) is 6.42 Å². The summed E-state index contributed by atoms with van der Waals surface area (Å²) in [6.45, 7) is 3.97. The van der Waals surface area contributed by atoms with Crippen LogP contribution in [0.15, 0.2) is 24.3 Å². The minimum Gasteiger partial charge on any atom is -0.345 e. The molecule has 86 valence electrons. The van der Waals surface area contributed by atoms with E-state index in [-0.39, 0.29) is 0 Å². The number of nitriles is 1. The quantitative estimate of drug-likeness (QED) is 0.895. The minimum atomic E-state index is 0.640. The molecule has 1 aromatic heterocycles. The SMILES string of the molecule is CCc1ccccc1Nc1snc(C)c1C#N. The lowest BCUT2D eigenvalue weighted by molar-refractivity contribution is 1.14. The topological polar surface area (TPSA) is 48.7 Å². The molecule has 17 heavy (non-hydrogen) atoms. The van der Waals surface area contributed by atoms with Gasteiger partial charge in [-0.3, -0.25) is 0 Å². The first-order chi connectivity index (χ1) is 8.26. The number of nitrogens with one attached hydrogen (secondary N) is 1. The summed E-state index contributed by atoms with van der Waals surface area (Å²) in [5, 5.41) is 13.2. The number of para-hydroxylation sites is 1. The third-order valence-corrected chi connectivity index (χ3v) is 3.47. The lowest BCUT2D eigenvalue weighted by Crippen LogP contribution is -1.94. The molecule has 0 aliphatic carbocycles. The maximum absolute atomic E-state index is 9.07. The number of aryl methyl sites for hydroxylation is 2. The first-order valence-corrected chi connectivity index (χ1v) is 6.25. The molecule has 0 atom stereocenters. The molecule has 0 radical (unpaired) electrons. The van der Waals surface area contributed by atoms with E-state index < -0.39 is 0 Å². The van der Waals surface area contributed by atoms with Gasteiger partial charge < -0.3 is 5.32 Å². The van der Waals surface area contributed by atoms with Crippen LogP contribution in [-0.4, -0.2) is 4.37 Å². The van der Waals surface area contributed by atoms with Gasteiger partial charge in [-0.2, -0.15) is 9.64 Å². The summed E-state index contributed by atoms with van der Waals surface area (Å²) in [4.78, 5) is 0. The molecule has 4 heteroatoms. The van der Waals surface area contributed by atoms with Gasteiger partial charge in [-0.1, -0.05) is 25.1 Å². The lowest BCUT2D eigenvalue weighted by Gasteiger charge is -2.08. The predicted molar refractivity (Wildman–Crippen MR) is 70.7 cm³/mol. The van der Waals surface area contributed by atoms with Gasteiger partial charge in [0.05, 0.1) is 5.69 Å². The molecule has 1 N–H and O–H groups in total. The molecular weight excluding hydrogens is 230 g/mol. The number of rotatable bonds is 3. The van der Waals surface area contributed by atoms with Gasteiger partial charge in [0, 0.05) is 5.69 Å². The standard InChI is InChI=1S/C13H13N3S/c1-3-10-6-4-5-7-12(10)15-13-11(8-14)9(2)16-17-13/h4-7,15H,3H2,1-2H3. The Labute approximate surface area is 105 Å². The summed E-state index contributed by atoms with van der Waals surface area (Å²) in [6.07, 6.45) is 0.961. The maximum Gasteiger partial charge on any atom is 0.132 e. The molecule has 0 saturated heterocycles. The van der Waals surface area contributed by atoms with Crippen LogP contribution in [0.4, 0.5) is 10.7 Å². The number of anilines is 2. The average molecular weight is 243 g/mol. The Morgan fingerprint density at radius 1 is 1.41 bits per heavy atom. The smallest absolute Gasteiger partial charge is 0.132 e. The molecule has 0 bridgehead atoms. The van der Waals surface area contributed by atoms with Gasteiger partial charge in [-0.05, 0) is 36.5 Å². The van der Waals surface area contributed by atoms with Crippen LogP contribution in [0, 0.1) is 18.3 Å². The van der Waals surface area contributed by atoms with Crippen LogP contribution in [0.3, 0.4) is 0 Å². The predicted octanol–water partition coefficient (Wildman–Crippen LogP) is 3.63. The van der Waals surface area contributed by atoms with E-state index >= 15 is 0 Å². The van der Waals surface area contributed by atoms with Crippen molar-refractivity contribution in [3.8, 4) is 6.07 Å². The maximum atomic E-state index is 9.07. The molecule has 0 aliphatic heterocycles. The molecule has 2 rings (SSSR count). The van der Waals surface area contributed by atoms with E-state index in [9.17, 15) is 0 Å². The Balaban J connectivity index is 2.35.